The lowest BCUT2D eigenvalue weighted by molar-refractivity contribution is -0.145. The van der Waals surface area contributed by atoms with E-state index in [0.29, 0.717) is 12.1 Å². The normalized spacial score (nSPS) is 18.2. The Balaban J connectivity index is 2.09. The molecule has 0 bridgehead atoms. The van der Waals surface area contributed by atoms with E-state index in [1.54, 1.807) is 7.05 Å². The number of likely N-dealkylation sites (N-methyl/N-ethyl adjacent to an activating group) is 2. The molecule has 0 saturated carbocycles. The van der Waals surface area contributed by atoms with Crippen molar-refractivity contribution in [2.45, 2.75) is 75.3 Å². The van der Waals surface area contributed by atoms with E-state index in [-0.39, 0.29) is 32.2 Å². The van der Waals surface area contributed by atoms with Crippen LogP contribution in [0.3, 0.4) is 0 Å². The Hall–Kier alpha value is -4.09. The molecule has 6 atom stereocenters. The molecule has 2 heterocycles. The number of aliphatic hydroxyl groups excluding tert-OH is 2. The Labute approximate surface area is 242 Å². The number of carboxylic acids is 1. The number of carbonyl (C=O) groups is 6. The van der Waals surface area contributed by atoms with Crippen LogP contribution in [-0.2, 0) is 35.2 Å². The first kappa shape index (κ1) is 34.1. The summed E-state index contributed by atoms with van der Waals surface area (Å²) in [6, 6.07) is -5.94. The van der Waals surface area contributed by atoms with Crippen LogP contribution in [-0.4, -0.2) is 129 Å². The van der Waals surface area contributed by atoms with Gasteiger partial charge in [-0.1, -0.05) is 0 Å². The molecule has 1 aliphatic heterocycles. The summed E-state index contributed by atoms with van der Waals surface area (Å²) in [5.41, 5.74) is 0.655. The average molecular weight is 597 g/mol. The molecular formula is C25H40N8O9. The number of hydrogen-bond donors (Lipinski definition) is 9. The van der Waals surface area contributed by atoms with E-state index in [1.165, 1.54) is 31.4 Å². The highest BCUT2D eigenvalue weighted by Gasteiger charge is 2.41. The maximum Gasteiger partial charge on any atom is 0.303 e. The van der Waals surface area contributed by atoms with Gasteiger partial charge in [-0.15, -0.1) is 0 Å². The van der Waals surface area contributed by atoms with Gasteiger partial charge < -0.3 is 51.8 Å². The van der Waals surface area contributed by atoms with Gasteiger partial charge in [0.15, 0.2) is 0 Å². The Morgan fingerprint density at radius 3 is 2.29 bits per heavy atom. The summed E-state index contributed by atoms with van der Waals surface area (Å²) < 4.78 is 0. The van der Waals surface area contributed by atoms with E-state index < -0.39 is 78.4 Å². The molecule has 0 aromatic carbocycles. The SMILES string of the molecule is CNC(=O)[C@H](CCC(=O)O)NC(=O)[C@@H]1CCCN1C(=O)[C@@H](NC(=O)[C@H](CO)NC(=O)[C@H](Cc1cnc[nH]1)NC)[C@@H](C)O. The summed E-state index contributed by atoms with van der Waals surface area (Å²) in [6.07, 6.45) is 1.89. The predicted octanol–water partition coefficient (Wildman–Crippen LogP) is -4.03. The maximum atomic E-state index is 13.4. The molecule has 9 N–H and O–H groups in total. The first-order valence-corrected chi connectivity index (χ1v) is 13.5. The highest BCUT2D eigenvalue weighted by Crippen LogP contribution is 2.20. The third-order valence-electron chi connectivity index (χ3n) is 6.87. The number of nitrogens with zero attached hydrogens (tertiary/aromatic N) is 2. The number of H-pyrrole nitrogens is 1. The highest BCUT2D eigenvalue weighted by molar-refractivity contribution is 5.96. The van der Waals surface area contributed by atoms with Gasteiger partial charge in [-0.2, -0.15) is 0 Å². The molecule has 1 aromatic heterocycles. The van der Waals surface area contributed by atoms with Gasteiger partial charge in [0, 0.05) is 38.3 Å². The van der Waals surface area contributed by atoms with E-state index in [2.05, 4.69) is 36.6 Å². The van der Waals surface area contributed by atoms with Crippen LogP contribution in [0.15, 0.2) is 12.5 Å². The van der Waals surface area contributed by atoms with Crippen molar-refractivity contribution in [2.24, 2.45) is 0 Å². The number of aromatic amines is 1. The van der Waals surface area contributed by atoms with Gasteiger partial charge in [0.1, 0.15) is 24.2 Å². The second-order valence-electron chi connectivity index (χ2n) is 9.89. The van der Waals surface area contributed by atoms with Gasteiger partial charge in [-0.3, -0.25) is 28.8 Å². The van der Waals surface area contributed by atoms with Crippen LogP contribution in [0.1, 0.15) is 38.3 Å². The molecule has 0 unspecified atom stereocenters. The number of carbonyl (C=O) groups excluding carboxylic acids is 5. The number of rotatable bonds is 16. The fourth-order valence-electron chi connectivity index (χ4n) is 4.51. The second-order valence-corrected chi connectivity index (χ2v) is 9.89. The summed E-state index contributed by atoms with van der Waals surface area (Å²) in [7, 11) is 2.88. The third-order valence-corrected chi connectivity index (χ3v) is 6.87. The van der Waals surface area contributed by atoms with Crippen LogP contribution in [0.25, 0.3) is 0 Å². The molecule has 17 heteroatoms. The molecule has 0 aliphatic carbocycles. The number of likely N-dealkylation sites (tertiary alicyclic amines) is 1. The standard InChI is InChI=1S/C25H40N8O9/c1-13(35)20(32-23(40)17(11-34)31-22(39)16(26-2)9-14-10-28-12-29-14)25(42)33-8-4-5-18(33)24(41)30-15(21(38)27-3)6-7-19(36)37/h10,12-13,15-18,20,26,34-35H,4-9,11H2,1-3H3,(H,27,38)(H,28,29)(H,30,41)(H,31,39)(H,32,40)(H,36,37)/t13-,15+,16+,17+,18+,20+/m1/s1. The smallest absolute Gasteiger partial charge is 0.303 e. The van der Waals surface area contributed by atoms with Crippen molar-refractivity contribution >= 4 is 35.5 Å². The van der Waals surface area contributed by atoms with Gasteiger partial charge in [0.25, 0.3) is 0 Å². The van der Waals surface area contributed by atoms with Gasteiger partial charge in [0.2, 0.25) is 29.5 Å². The number of hydrogen-bond acceptors (Lipinski definition) is 10. The fourth-order valence-corrected chi connectivity index (χ4v) is 4.51. The van der Waals surface area contributed by atoms with E-state index in [4.69, 9.17) is 5.11 Å². The second kappa shape index (κ2) is 16.4. The van der Waals surface area contributed by atoms with Crippen LogP contribution >= 0.6 is 0 Å². The minimum atomic E-state index is -1.52. The Kier molecular flexibility index (Phi) is 13.3. The summed E-state index contributed by atoms with van der Waals surface area (Å²) in [5.74, 6) is -4.76. The lowest BCUT2D eigenvalue weighted by Gasteiger charge is -2.31. The van der Waals surface area contributed by atoms with Gasteiger partial charge in [0.05, 0.1) is 25.1 Å². The third kappa shape index (κ3) is 9.49. The molecule has 1 aromatic rings. The largest absolute Gasteiger partial charge is 0.481 e. The van der Waals surface area contributed by atoms with Crippen molar-refractivity contribution in [1.82, 2.24) is 41.5 Å². The monoisotopic (exact) mass is 596 g/mol. The molecule has 5 amide bonds. The summed E-state index contributed by atoms with van der Waals surface area (Å²) in [6.45, 7) is 0.577. The van der Waals surface area contributed by atoms with E-state index in [1.807, 2.05) is 0 Å². The van der Waals surface area contributed by atoms with E-state index in [9.17, 15) is 39.0 Å². The predicted molar refractivity (Wildman–Crippen MR) is 145 cm³/mol. The zero-order chi connectivity index (χ0) is 31.4. The molecule has 234 valence electrons. The minimum Gasteiger partial charge on any atom is -0.481 e. The van der Waals surface area contributed by atoms with Crippen molar-refractivity contribution in [3.8, 4) is 0 Å². The Morgan fingerprint density at radius 1 is 1.05 bits per heavy atom. The highest BCUT2D eigenvalue weighted by atomic mass is 16.4. The van der Waals surface area contributed by atoms with Gasteiger partial charge >= 0.3 is 5.97 Å². The molecular weight excluding hydrogens is 556 g/mol. The van der Waals surface area contributed by atoms with Crippen molar-refractivity contribution in [3.05, 3.63) is 18.2 Å². The average Bonchev–Trinajstić information content (AvgIpc) is 3.66. The zero-order valence-corrected chi connectivity index (χ0v) is 23.8. The zero-order valence-electron chi connectivity index (χ0n) is 23.8. The molecule has 0 radical (unpaired) electrons. The van der Waals surface area contributed by atoms with Crippen LogP contribution in [0.4, 0.5) is 0 Å². The van der Waals surface area contributed by atoms with Crippen molar-refractivity contribution in [1.29, 1.82) is 0 Å². The Morgan fingerprint density at radius 2 is 1.74 bits per heavy atom. The molecule has 1 aliphatic rings. The lowest BCUT2D eigenvalue weighted by Crippen LogP contribution is -2.61. The van der Waals surface area contributed by atoms with Crippen molar-refractivity contribution in [3.63, 3.8) is 0 Å². The quantitative estimate of drug-likeness (QED) is 0.0888. The summed E-state index contributed by atoms with van der Waals surface area (Å²) >= 11 is 0. The van der Waals surface area contributed by atoms with E-state index >= 15 is 0 Å². The lowest BCUT2D eigenvalue weighted by atomic mass is 10.1. The molecule has 1 saturated heterocycles. The summed E-state index contributed by atoms with van der Waals surface area (Å²) in [4.78, 5) is 83.3. The first-order valence-electron chi connectivity index (χ1n) is 13.5. The first-order chi connectivity index (χ1) is 19.9. The molecule has 42 heavy (non-hydrogen) atoms. The number of aromatic nitrogens is 2. The topological polar surface area (TPSA) is 255 Å². The minimum absolute atomic E-state index is 0.118. The van der Waals surface area contributed by atoms with Crippen molar-refractivity contribution in [2.75, 3.05) is 27.2 Å². The number of aliphatic hydroxyl groups is 2. The van der Waals surface area contributed by atoms with Crippen LogP contribution in [0.2, 0.25) is 0 Å². The molecule has 2 rings (SSSR count). The molecule has 1 fully saturated rings. The Bertz CT molecular complexity index is 1100. The maximum absolute atomic E-state index is 13.4. The van der Waals surface area contributed by atoms with Crippen LogP contribution in [0, 0.1) is 0 Å². The number of amides is 5. The summed E-state index contributed by atoms with van der Waals surface area (Å²) in [5, 5.41) is 41.6. The van der Waals surface area contributed by atoms with Gasteiger partial charge in [-0.05, 0) is 33.2 Å². The molecule has 0 spiro atoms. The number of aliphatic carboxylic acids is 1. The molecule has 17 nitrogen and oxygen atoms in total. The van der Waals surface area contributed by atoms with Gasteiger partial charge in [-0.25, -0.2) is 4.98 Å². The number of carboxylic acid groups (broad SMARTS) is 1. The number of imidazole rings is 1. The van der Waals surface area contributed by atoms with Crippen LogP contribution in [0.5, 0.6) is 0 Å². The van der Waals surface area contributed by atoms with E-state index in [0.717, 1.165) is 0 Å². The van der Waals surface area contributed by atoms with Crippen LogP contribution < -0.4 is 26.6 Å². The fraction of sp³-hybridized carbons (Fsp3) is 0.640. The van der Waals surface area contributed by atoms with Crippen molar-refractivity contribution < 1.29 is 44.1 Å². The number of nitrogens with one attached hydrogen (secondary N) is 6.